The van der Waals surface area contributed by atoms with E-state index in [0.717, 1.165) is 34.5 Å². The molecule has 0 saturated carbocycles. The van der Waals surface area contributed by atoms with Gasteiger partial charge < -0.3 is 9.84 Å². The maximum Gasteiger partial charge on any atom is 0.248 e. The molecule has 7 nitrogen and oxygen atoms in total. The zero-order chi connectivity index (χ0) is 26.9. The van der Waals surface area contributed by atoms with Crippen LogP contribution in [0.1, 0.15) is 46.5 Å². The molecular formula is C27H29F2N3O4S. The van der Waals surface area contributed by atoms with Crippen LogP contribution >= 0.6 is 0 Å². The normalized spacial score (nSPS) is 15.4. The molecule has 0 radical (unpaired) electrons. The summed E-state index contributed by atoms with van der Waals surface area (Å²) in [5.41, 5.74) is 4.12. The molecule has 2 heterocycles. The summed E-state index contributed by atoms with van der Waals surface area (Å²) < 4.78 is 60.6. The Morgan fingerprint density at radius 3 is 2.32 bits per heavy atom. The molecule has 196 valence electrons. The summed E-state index contributed by atoms with van der Waals surface area (Å²) >= 11 is 0. The van der Waals surface area contributed by atoms with E-state index < -0.39 is 21.7 Å². The van der Waals surface area contributed by atoms with Gasteiger partial charge in [0.25, 0.3) is 0 Å². The minimum Gasteiger partial charge on any atom is -0.355 e. The Bertz CT molecular complexity index is 1450. The predicted molar refractivity (Wildman–Crippen MR) is 137 cm³/mol. The average molecular weight is 530 g/mol. The number of aromatic nitrogens is 1. The molecule has 3 aromatic rings. The number of halogens is 2. The van der Waals surface area contributed by atoms with Gasteiger partial charge in [-0.2, -0.15) is 4.31 Å². The van der Waals surface area contributed by atoms with Gasteiger partial charge in [-0.05, 0) is 75.9 Å². The standard InChI is InChI=1S/C27H29F2N3O4S/c1-16-13-17(2)25(18(3)14-16)30-27(33)21-9-11-32(12-10-21)37(34,35)26-19(4)31-36-24(26)8-6-20-5-7-22(28)15-23(20)29/h5-8,13-15,21H,9-12H2,1-4H3,(H,30,33)/b8-6+. The highest BCUT2D eigenvalue weighted by molar-refractivity contribution is 7.89. The van der Waals surface area contributed by atoms with Gasteiger partial charge in [0.15, 0.2) is 10.7 Å². The summed E-state index contributed by atoms with van der Waals surface area (Å²) in [4.78, 5) is 12.8. The third kappa shape index (κ3) is 5.65. The van der Waals surface area contributed by atoms with E-state index in [1.807, 2.05) is 32.9 Å². The Morgan fingerprint density at radius 1 is 1.05 bits per heavy atom. The van der Waals surface area contributed by atoms with E-state index in [9.17, 15) is 22.0 Å². The first-order valence-corrected chi connectivity index (χ1v) is 13.4. The van der Waals surface area contributed by atoms with Crippen LogP contribution in [0.5, 0.6) is 0 Å². The monoisotopic (exact) mass is 529 g/mol. The van der Waals surface area contributed by atoms with Crippen molar-refractivity contribution < 1.29 is 26.5 Å². The number of sulfonamides is 1. The van der Waals surface area contributed by atoms with Crippen molar-refractivity contribution in [3.8, 4) is 0 Å². The quantitative estimate of drug-likeness (QED) is 0.462. The lowest BCUT2D eigenvalue weighted by atomic mass is 9.96. The molecule has 0 atom stereocenters. The third-order valence-electron chi connectivity index (χ3n) is 6.56. The molecule has 2 aromatic carbocycles. The molecule has 4 rings (SSSR count). The highest BCUT2D eigenvalue weighted by atomic mass is 32.2. The molecule has 1 aromatic heterocycles. The lowest BCUT2D eigenvalue weighted by Gasteiger charge is -2.30. The van der Waals surface area contributed by atoms with Crippen LogP contribution in [-0.2, 0) is 14.8 Å². The number of amides is 1. The van der Waals surface area contributed by atoms with Gasteiger partial charge in [0, 0.05) is 36.3 Å². The van der Waals surface area contributed by atoms with Crippen LogP contribution in [-0.4, -0.2) is 36.9 Å². The summed E-state index contributed by atoms with van der Waals surface area (Å²) in [5, 5.41) is 6.81. The number of aryl methyl sites for hydroxylation is 4. The lowest BCUT2D eigenvalue weighted by Crippen LogP contribution is -2.41. The van der Waals surface area contributed by atoms with Gasteiger partial charge in [-0.25, -0.2) is 17.2 Å². The molecule has 0 bridgehead atoms. The SMILES string of the molecule is Cc1cc(C)c(NC(=O)C2CCN(S(=O)(=O)c3c(C)noc3/C=C/c3ccc(F)cc3F)CC2)c(C)c1. The number of nitrogens with one attached hydrogen (secondary N) is 1. The highest BCUT2D eigenvalue weighted by Gasteiger charge is 2.36. The van der Waals surface area contributed by atoms with Crippen LogP contribution in [0.2, 0.25) is 0 Å². The van der Waals surface area contributed by atoms with E-state index in [1.165, 1.54) is 29.4 Å². The summed E-state index contributed by atoms with van der Waals surface area (Å²) in [7, 11) is -3.99. The maximum atomic E-state index is 14.0. The van der Waals surface area contributed by atoms with Crippen molar-refractivity contribution in [3.05, 3.63) is 75.7 Å². The minimum atomic E-state index is -3.99. The van der Waals surface area contributed by atoms with E-state index >= 15 is 0 Å². The first kappa shape index (κ1) is 26.7. The fourth-order valence-corrected chi connectivity index (χ4v) is 6.41. The largest absolute Gasteiger partial charge is 0.355 e. The van der Waals surface area contributed by atoms with Crippen LogP contribution in [0, 0.1) is 45.2 Å². The van der Waals surface area contributed by atoms with Crippen molar-refractivity contribution in [1.82, 2.24) is 9.46 Å². The number of carbonyl (C=O) groups excluding carboxylic acids is 1. The number of nitrogens with zero attached hydrogens (tertiary/aromatic N) is 2. The van der Waals surface area contributed by atoms with Gasteiger partial charge in [0.2, 0.25) is 15.9 Å². The molecule has 1 saturated heterocycles. The van der Waals surface area contributed by atoms with Crippen LogP contribution in [0.3, 0.4) is 0 Å². The van der Waals surface area contributed by atoms with Crippen molar-refractivity contribution in [3.63, 3.8) is 0 Å². The first-order chi connectivity index (χ1) is 17.5. The topological polar surface area (TPSA) is 92.5 Å². The summed E-state index contributed by atoms with van der Waals surface area (Å²) in [6.45, 7) is 7.73. The zero-order valence-corrected chi connectivity index (χ0v) is 22.0. The zero-order valence-electron chi connectivity index (χ0n) is 21.1. The van der Waals surface area contributed by atoms with E-state index in [-0.39, 0.29) is 46.8 Å². The van der Waals surface area contributed by atoms with Crippen molar-refractivity contribution in [2.45, 2.75) is 45.4 Å². The molecule has 1 N–H and O–H groups in total. The van der Waals surface area contributed by atoms with Crippen molar-refractivity contribution in [2.75, 3.05) is 18.4 Å². The lowest BCUT2D eigenvalue weighted by molar-refractivity contribution is -0.120. The summed E-state index contributed by atoms with van der Waals surface area (Å²) in [6, 6.07) is 7.11. The Kier molecular flexibility index (Phi) is 7.61. The fourth-order valence-electron chi connectivity index (χ4n) is 4.69. The Labute approximate surface area is 215 Å². The molecule has 1 fully saturated rings. The number of hydrogen-bond donors (Lipinski definition) is 1. The van der Waals surface area contributed by atoms with Crippen LogP contribution in [0.25, 0.3) is 12.2 Å². The molecule has 1 amide bonds. The average Bonchev–Trinajstić information content (AvgIpc) is 3.21. The van der Waals surface area contributed by atoms with E-state index in [2.05, 4.69) is 10.5 Å². The Morgan fingerprint density at radius 2 is 1.70 bits per heavy atom. The Balaban J connectivity index is 1.47. The Hall–Kier alpha value is -3.37. The molecule has 0 aliphatic carbocycles. The third-order valence-corrected chi connectivity index (χ3v) is 8.62. The number of carbonyl (C=O) groups is 1. The number of benzene rings is 2. The predicted octanol–water partition coefficient (Wildman–Crippen LogP) is 5.40. The molecule has 1 aliphatic rings. The molecule has 1 aliphatic heterocycles. The summed E-state index contributed by atoms with van der Waals surface area (Å²) in [5.74, 6) is -2.00. The van der Waals surface area contributed by atoms with Crippen LogP contribution in [0.4, 0.5) is 14.5 Å². The second-order valence-electron chi connectivity index (χ2n) is 9.40. The first-order valence-electron chi connectivity index (χ1n) is 12.0. The molecular weight excluding hydrogens is 500 g/mol. The molecule has 10 heteroatoms. The van der Waals surface area contributed by atoms with Gasteiger partial charge in [0.1, 0.15) is 17.3 Å². The van der Waals surface area contributed by atoms with Gasteiger partial charge in [-0.15, -0.1) is 0 Å². The second-order valence-corrected chi connectivity index (χ2v) is 11.3. The minimum absolute atomic E-state index is 0.0496. The second kappa shape index (κ2) is 10.5. The van der Waals surface area contributed by atoms with Crippen molar-refractivity contribution >= 4 is 33.8 Å². The van der Waals surface area contributed by atoms with Gasteiger partial charge in [0.05, 0.1) is 0 Å². The number of hydrogen-bond acceptors (Lipinski definition) is 5. The molecule has 0 spiro atoms. The summed E-state index contributed by atoms with van der Waals surface area (Å²) in [6.07, 6.45) is 3.34. The van der Waals surface area contributed by atoms with Crippen molar-refractivity contribution in [2.24, 2.45) is 5.92 Å². The van der Waals surface area contributed by atoms with Crippen LogP contribution in [0.15, 0.2) is 39.8 Å². The number of piperidine rings is 1. The van der Waals surface area contributed by atoms with Crippen LogP contribution < -0.4 is 5.32 Å². The number of anilines is 1. The van der Waals surface area contributed by atoms with Gasteiger partial charge >= 0.3 is 0 Å². The van der Waals surface area contributed by atoms with E-state index in [0.29, 0.717) is 12.8 Å². The fraction of sp³-hybridized carbons (Fsp3) is 0.333. The molecule has 0 unspecified atom stereocenters. The number of rotatable bonds is 6. The molecule has 37 heavy (non-hydrogen) atoms. The highest BCUT2D eigenvalue weighted by Crippen LogP contribution is 2.30. The van der Waals surface area contributed by atoms with Gasteiger partial charge in [-0.3, -0.25) is 4.79 Å². The van der Waals surface area contributed by atoms with E-state index in [1.54, 1.807) is 0 Å². The van der Waals surface area contributed by atoms with Gasteiger partial charge in [-0.1, -0.05) is 22.9 Å². The van der Waals surface area contributed by atoms with E-state index in [4.69, 9.17) is 4.52 Å². The smallest absolute Gasteiger partial charge is 0.248 e. The maximum absolute atomic E-state index is 14.0. The van der Waals surface area contributed by atoms with Crippen molar-refractivity contribution in [1.29, 1.82) is 0 Å².